The summed E-state index contributed by atoms with van der Waals surface area (Å²) < 4.78 is 81.7. The van der Waals surface area contributed by atoms with Crippen molar-refractivity contribution in [1.29, 1.82) is 0 Å². The second-order valence-electron chi connectivity index (χ2n) is 21.9. The van der Waals surface area contributed by atoms with Crippen LogP contribution in [-0.2, 0) is 73.1 Å². The van der Waals surface area contributed by atoms with Gasteiger partial charge in [-0.3, -0.25) is 28.9 Å². The quantitative estimate of drug-likeness (QED) is 0.0537. The Bertz CT molecular complexity index is 2540. The molecule has 3 aromatic rings. The Hall–Kier alpha value is -6.29. The van der Waals surface area contributed by atoms with Crippen LogP contribution >= 0.6 is 0 Å². The van der Waals surface area contributed by atoms with Crippen LogP contribution in [0, 0.1) is 23.0 Å². The predicted octanol–water partition coefficient (Wildman–Crippen LogP) is 4.09. The minimum absolute atomic E-state index is 0.00238. The van der Waals surface area contributed by atoms with Gasteiger partial charge in [-0.2, -0.15) is 0 Å². The van der Waals surface area contributed by atoms with Gasteiger partial charge in [-0.25, -0.2) is 18.6 Å². The van der Waals surface area contributed by atoms with Gasteiger partial charge in [0.1, 0.15) is 29.7 Å². The number of halogens is 2. The molecule has 2 aliphatic heterocycles. The molecule has 0 saturated carbocycles. The van der Waals surface area contributed by atoms with Crippen LogP contribution in [0.25, 0.3) is 11.3 Å². The number of imide groups is 1. The van der Waals surface area contributed by atoms with E-state index in [0.717, 1.165) is 28.7 Å². The Kier molecular flexibility index (Phi) is 29.3. The summed E-state index contributed by atoms with van der Waals surface area (Å²) in [6.45, 7) is 16.3. The molecule has 0 bridgehead atoms. The first-order valence-corrected chi connectivity index (χ1v) is 28.4. The van der Waals surface area contributed by atoms with Crippen molar-refractivity contribution in [2.24, 2.45) is 11.3 Å². The number of amides is 6. The van der Waals surface area contributed by atoms with Crippen molar-refractivity contribution in [2.45, 2.75) is 78.6 Å². The largest absolute Gasteiger partial charge is 0.444 e. The maximum atomic E-state index is 15.3. The SMILES string of the molecule is CC(C)(C)OC(=O)N1CC(CN(C(=O)CO)[C@@H](c2nc(-c3cc(F)ccc3F)cn2Cc2ccccc2)C(C)(C)C)C(NC(=O)CCOCCOCCOCCOCCOCCOCCOCCOCCNC(=O)CCN2C(=O)C=CC2=O)C1. The number of rotatable bonds is 39. The monoisotopic (exact) mass is 1190 g/mol. The average molecular weight is 1190 g/mol. The number of imidazole rings is 1. The Morgan fingerprint density at radius 1 is 0.702 bits per heavy atom. The maximum Gasteiger partial charge on any atom is 0.410 e. The van der Waals surface area contributed by atoms with E-state index in [4.69, 9.17) is 47.6 Å². The van der Waals surface area contributed by atoms with Crippen molar-refractivity contribution >= 4 is 35.6 Å². The summed E-state index contributed by atoms with van der Waals surface area (Å²) in [4.78, 5) is 85.0. The summed E-state index contributed by atoms with van der Waals surface area (Å²) in [5.74, 6) is -3.60. The number of ether oxygens (including phenoxy) is 9. The molecular formula is C59H85F2N7O16. The highest BCUT2D eigenvalue weighted by Crippen LogP contribution is 2.40. The molecular weight excluding hydrogens is 1100 g/mol. The van der Waals surface area contributed by atoms with E-state index in [1.165, 1.54) is 22.0 Å². The van der Waals surface area contributed by atoms with Gasteiger partial charge in [0.05, 0.1) is 123 Å². The van der Waals surface area contributed by atoms with E-state index in [1.54, 1.807) is 31.5 Å². The minimum Gasteiger partial charge on any atom is -0.444 e. The highest BCUT2D eigenvalue weighted by atomic mass is 19.1. The highest BCUT2D eigenvalue weighted by molar-refractivity contribution is 6.13. The number of benzene rings is 2. The average Bonchev–Trinajstić information content (AvgIpc) is 3.48. The van der Waals surface area contributed by atoms with Gasteiger partial charge >= 0.3 is 6.09 Å². The predicted molar refractivity (Wildman–Crippen MR) is 302 cm³/mol. The van der Waals surface area contributed by atoms with Gasteiger partial charge < -0.3 is 72.7 Å². The van der Waals surface area contributed by atoms with Crippen LogP contribution < -0.4 is 10.6 Å². The smallest absolute Gasteiger partial charge is 0.410 e. The molecule has 3 N–H and O–H groups in total. The summed E-state index contributed by atoms with van der Waals surface area (Å²) in [7, 11) is 0. The van der Waals surface area contributed by atoms with E-state index < -0.39 is 71.1 Å². The number of hydrogen-bond acceptors (Lipinski definition) is 17. The fraction of sp³-hybridized carbons (Fsp3) is 0.610. The Labute approximate surface area is 490 Å². The molecule has 3 heterocycles. The molecule has 3 atom stereocenters. The number of aliphatic hydroxyl groups excluding tert-OH is 1. The zero-order valence-electron chi connectivity index (χ0n) is 49.3. The van der Waals surface area contributed by atoms with Crippen LogP contribution in [-0.4, -0.2) is 222 Å². The molecule has 1 aromatic heterocycles. The molecule has 2 unspecified atom stereocenters. The van der Waals surface area contributed by atoms with Gasteiger partial charge in [0.2, 0.25) is 17.7 Å². The van der Waals surface area contributed by atoms with Crippen LogP contribution in [0.4, 0.5) is 13.6 Å². The molecule has 6 amide bonds. The molecule has 25 heteroatoms. The van der Waals surface area contributed by atoms with Crippen LogP contribution in [0.15, 0.2) is 66.9 Å². The number of nitrogens with zero attached hydrogens (tertiary/aromatic N) is 5. The van der Waals surface area contributed by atoms with E-state index in [2.05, 4.69) is 10.6 Å². The minimum atomic E-state index is -0.857. The second kappa shape index (κ2) is 35.9. The van der Waals surface area contributed by atoms with Gasteiger partial charge in [-0.05, 0) is 49.9 Å². The third kappa shape index (κ3) is 24.4. The fourth-order valence-corrected chi connectivity index (χ4v) is 9.06. The summed E-state index contributed by atoms with van der Waals surface area (Å²) in [6, 6.07) is 11.1. The van der Waals surface area contributed by atoms with E-state index in [0.29, 0.717) is 98.3 Å². The first-order chi connectivity index (χ1) is 40.2. The van der Waals surface area contributed by atoms with E-state index in [1.807, 2.05) is 51.1 Å². The second-order valence-corrected chi connectivity index (χ2v) is 21.9. The summed E-state index contributed by atoms with van der Waals surface area (Å²) in [6.07, 6.45) is 3.42. The van der Waals surface area contributed by atoms with Crippen molar-refractivity contribution in [1.82, 2.24) is 34.9 Å². The topological polar surface area (TPSA) is 257 Å². The molecule has 2 aliphatic rings. The van der Waals surface area contributed by atoms with Gasteiger partial charge in [0, 0.05) is 81.9 Å². The lowest BCUT2D eigenvalue weighted by molar-refractivity contribution is -0.141. The van der Waals surface area contributed by atoms with Gasteiger partial charge in [-0.15, -0.1) is 0 Å². The van der Waals surface area contributed by atoms with Crippen molar-refractivity contribution < 1.29 is 85.3 Å². The normalized spacial score (nSPS) is 15.7. The standard InChI is InChI=1S/C59H85F2N7O16/c1-58(2,3)55(56-64-49(46-36-45(60)12-13-47(46)61)41-65(56)37-43-10-8-7-9-11-43)68(54(74)42-69)39-44-38-66(57(75)84-59(4,5)6)40-48(44)63-51(71)17-20-76-22-24-78-26-28-80-30-32-82-34-35-83-33-31-81-29-27-79-25-23-77-21-18-62-50(70)16-19-67-52(72)14-15-53(67)73/h7-15,36,41,44,48,55,69H,16-35,37-40,42H2,1-6H3,(H,62,70)(H,63,71)/t44?,48?,55-/m0/s1. The lowest BCUT2D eigenvalue weighted by Crippen LogP contribution is -2.50. The number of nitrogens with one attached hydrogen (secondary N) is 2. The van der Waals surface area contributed by atoms with Gasteiger partial charge in [0.25, 0.3) is 11.8 Å². The molecule has 1 saturated heterocycles. The Morgan fingerprint density at radius 3 is 1.76 bits per heavy atom. The first kappa shape index (κ1) is 68.5. The molecule has 23 nitrogen and oxygen atoms in total. The molecule has 0 aliphatic carbocycles. The molecule has 2 aromatic carbocycles. The molecule has 466 valence electrons. The van der Waals surface area contributed by atoms with Crippen molar-refractivity contribution in [3.63, 3.8) is 0 Å². The molecule has 0 radical (unpaired) electrons. The maximum absolute atomic E-state index is 15.3. The summed E-state index contributed by atoms with van der Waals surface area (Å²) in [5, 5.41) is 16.2. The zero-order valence-corrected chi connectivity index (χ0v) is 49.3. The van der Waals surface area contributed by atoms with Crippen molar-refractivity contribution in [3.8, 4) is 11.3 Å². The molecule has 84 heavy (non-hydrogen) atoms. The van der Waals surface area contributed by atoms with E-state index in [9.17, 15) is 38.3 Å². The van der Waals surface area contributed by atoms with Crippen LogP contribution in [0.2, 0.25) is 0 Å². The third-order valence-corrected chi connectivity index (χ3v) is 13.0. The van der Waals surface area contributed by atoms with Crippen molar-refractivity contribution in [3.05, 3.63) is 89.9 Å². The number of carbonyl (C=O) groups excluding carboxylic acids is 6. The highest BCUT2D eigenvalue weighted by Gasteiger charge is 2.44. The number of carbonyl (C=O) groups is 6. The molecule has 5 rings (SSSR count). The Morgan fingerprint density at radius 2 is 1.24 bits per heavy atom. The van der Waals surface area contributed by atoms with Crippen LogP contribution in [0.1, 0.15) is 71.8 Å². The lowest BCUT2D eigenvalue weighted by Gasteiger charge is -2.41. The number of likely N-dealkylation sites (tertiary alicyclic amines) is 1. The number of aliphatic hydroxyl groups is 1. The Balaban J connectivity index is 0.947. The van der Waals surface area contributed by atoms with Gasteiger partial charge in [-0.1, -0.05) is 51.1 Å². The van der Waals surface area contributed by atoms with E-state index >= 15 is 4.39 Å². The van der Waals surface area contributed by atoms with Crippen molar-refractivity contribution in [2.75, 3.05) is 145 Å². The lowest BCUT2D eigenvalue weighted by atomic mass is 9.84. The van der Waals surface area contributed by atoms with E-state index in [-0.39, 0.29) is 88.5 Å². The molecule has 0 spiro atoms. The zero-order chi connectivity index (χ0) is 60.9. The molecule has 1 fully saturated rings. The fourth-order valence-electron chi connectivity index (χ4n) is 9.06. The van der Waals surface area contributed by atoms with Crippen LogP contribution in [0.3, 0.4) is 0 Å². The number of aromatic nitrogens is 2. The third-order valence-electron chi connectivity index (χ3n) is 13.0. The first-order valence-electron chi connectivity index (χ1n) is 28.4. The number of hydrogen-bond donors (Lipinski definition) is 3. The summed E-state index contributed by atoms with van der Waals surface area (Å²) >= 11 is 0. The summed E-state index contributed by atoms with van der Waals surface area (Å²) in [5.41, 5.74) is -0.596. The van der Waals surface area contributed by atoms with Crippen LogP contribution in [0.5, 0.6) is 0 Å². The van der Waals surface area contributed by atoms with Gasteiger partial charge in [0.15, 0.2) is 0 Å².